The Morgan fingerprint density at radius 1 is 0.893 bits per heavy atom. The SMILES string of the molecule is CCc1ccc(NC[C@H](O)Cn2c3ccc(I)cc3c3cc(I)ccc32)cc1. The summed E-state index contributed by atoms with van der Waals surface area (Å²) in [5.41, 5.74) is 4.70. The summed E-state index contributed by atoms with van der Waals surface area (Å²) in [6, 6.07) is 21.4. The van der Waals surface area contributed by atoms with Gasteiger partial charge in [-0.3, -0.25) is 0 Å². The molecule has 28 heavy (non-hydrogen) atoms. The monoisotopic (exact) mass is 596 g/mol. The molecule has 2 N–H and O–H groups in total. The molecule has 0 bridgehead atoms. The molecule has 0 amide bonds. The van der Waals surface area contributed by atoms with Crippen LogP contribution in [-0.2, 0) is 13.0 Å². The third-order valence-electron chi connectivity index (χ3n) is 5.09. The smallest absolute Gasteiger partial charge is 0.0891 e. The van der Waals surface area contributed by atoms with E-state index in [1.807, 2.05) is 0 Å². The van der Waals surface area contributed by atoms with E-state index in [0.717, 1.165) is 12.1 Å². The Labute approximate surface area is 192 Å². The number of nitrogens with zero attached hydrogens (tertiary/aromatic N) is 1. The Bertz CT molecular complexity index is 1060. The second-order valence-corrected chi connectivity index (χ2v) is 9.51. The van der Waals surface area contributed by atoms with Gasteiger partial charge in [0.25, 0.3) is 0 Å². The molecule has 4 aromatic rings. The van der Waals surface area contributed by atoms with Crippen LogP contribution in [0.3, 0.4) is 0 Å². The highest BCUT2D eigenvalue weighted by Gasteiger charge is 2.14. The highest BCUT2D eigenvalue weighted by atomic mass is 127. The lowest BCUT2D eigenvalue weighted by atomic mass is 10.1. The second-order valence-electron chi connectivity index (χ2n) is 7.02. The number of aromatic nitrogens is 1. The minimum atomic E-state index is -0.483. The van der Waals surface area contributed by atoms with Crippen LogP contribution < -0.4 is 5.32 Å². The molecule has 0 spiro atoms. The summed E-state index contributed by atoms with van der Waals surface area (Å²) in [5.74, 6) is 0. The molecule has 5 heteroatoms. The molecule has 0 aliphatic heterocycles. The van der Waals surface area contributed by atoms with Crippen molar-refractivity contribution in [2.75, 3.05) is 11.9 Å². The molecule has 0 saturated heterocycles. The van der Waals surface area contributed by atoms with Gasteiger partial charge in [0.15, 0.2) is 0 Å². The van der Waals surface area contributed by atoms with E-state index in [0.29, 0.717) is 13.1 Å². The molecule has 0 fully saturated rings. The van der Waals surface area contributed by atoms with Gasteiger partial charge in [0.1, 0.15) is 0 Å². The third kappa shape index (κ3) is 4.16. The number of nitrogens with one attached hydrogen (secondary N) is 1. The summed E-state index contributed by atoms with van der Waals surface area (Å²) in [5, 5.41) is 16.6. The van der Waals surface area contributed by atoms with Gasteiger partial charge in [-0.25, -0.2) is 0 Å². The average molecular weight is 596 g/mol. The van der Waals surface area contributed by atoms with E-state index < -0.39 is 6.10 Å². The molecule has 1 atom stereocenters. The normalized spacial score (nSPS) is 12.6. The Hall–Kier alpha value is -1.32. The van der Waals surface area contributed by atoms with Crippen LogP contribution in [0.1, 0.15) is 12.5 Å². The maximum absolute atomic E-state index is 10.7. The first-order chi connectivity index (χ1) is 13.5. The first-order valence-corrected chi connectivity index (χ1v) is 11.6. The van der Waals surface area contributed by atoms with Crippen molar-refractivity contribution in [2.24, 2.45) is 0 Å². The van der Waals surface area contributed by atoms with Crippen molar-refractivity contribution in [3.63, 3.8) is 0 Å². The summed E-state index contributed by atoms with van der Waals surface area (Å²) in [7, 11) is 0. The Kier molecular flexibility index (Phi) is 6.13. The van der Waals surface area contributed by atoms with Crippen LogP contribution in [-0.4, -0.2) is 22.3 Å². The van der Waals surface area contributed by atoms with Crippen LogP contribution in [0.5, 0.6) is 0 Å². The van der Waals surface area contributed by atoms with Crippen LogP contribution in [0.25, 0.3) is 21.8 Å². The average Bonchev–Trinajstić information content (AvgIpc) is 2.99. The molecular formula is C23H22I2N2O. The summed E-state index contributed by atoms with van der Waals surface area (Å²) in [6.07, 6.45) is 0.553. The minimum Gasteiger partial charge on any atom is -0.389 e. The zero-order valence-corrected chi connectivity index (χ0v) is 19.9. The van der Waals surface area contributed by atoms with E-state index in [4.69, 9.17) is 0 Å². The standard InChI is InChI=1S/C23H22I2N2O/c1-2-15-3-7-18(8-4-15)26-13-19(28)14-27-22-9-5-16(24)11-20(22)21-12-17(25)6-10-23(21)27/h3-12,19,26,28H,2,13-14H2,1H3/t19-/m0/s1. The molecule has 0 aliphatic carbocycles. The first-order valence-electron chi connectivity index (χ1n) is 9.43. The summed E-state index contributed by atoms with van der Waals surface area (Å²) in [6.45, 7) is 3.22. The number of hydrogen-bond donors (Lipinski definition) is 2. The van der Waals surface area contributed by atoms with Gasteiger partial charge in [0.05, 0.1) is 12.6 Å². The van der Waals surface area contributed by atoms with Gasteiger partial charge in [-0.15, -0.1) is 0 Å². The lowest BCUT2D eigenvalue weighted by molar-refractivity contribution is 0.169. The van der Waals surface area contributed by atoms with E-state index in [9.17, 15) is 5.11 Å². The number of aliphatic hydroxyl groups excluding tert-OH is 1. The highest BCUT2D eigenvalue weighted by Crippen LogP contribution is 2.31. The van der Waals surface area contributed by atoms with Gasteiger partial charge >= 0.3 is 0 Å². The minimum absolute atomic E-state index is 0.483. The maximum Gasteiger partial charge on any atom is 0.0891 e. The fourth-order valence-electron chi connectivity index (χ4n) is 3.61. The van der Waals surface area contributed by atoms with E-state index in [1.165, 1.54) is 34.5 Å². The Morgan fingerprint density at radius 3 is 2.00 bits per heavy atom. The molecule has 0 radical (unpaired) electrons. The van der Waals surface area contributed by atoms with Crippen LogP contribution >= 0.6 is 45.2 Å². The van der Waals surface area contributed by atoms with Crippen molar-refractivity contribution < 1.29 is 5.11 Å². The van der Waals surface area contributed by atoms with Crippen LogP contribution in [0.15, 0.2) is 60.7 Å². The molecule has 0 saturated carbocycles. The Balaban J connectivity index is 1.59. The van der Waals surface area contributed by atoms with E-state index in [2.05, 4.69) is 123 Å². The van der Waals surface area contributed by atoms with Gasteiger partial charge in [0, 0.05) is 41.2 Å². The van der Waals surface area contributed by atoms with Crippen LogP contribution in [0.4, 0.5) is 5.69 Å². The third-order valence-corrected chi connectivity index (χ3v) is 6.43. The fourth-order valence-corrected chi connectivity index (χ4v) is 4.60. The molecule has 4 rings (SSSR count). The van der Waals surface area contributed by atoms with Gasteiger partial charge in [-0.1, -0.05) is 19.1 Å². The van der Waals surface area contributed by atoms with Crippen molar-refractivity contribution in [3.8, 4) is 0 Å². The number of rotatable bonds is 6. The van der Waals surface area contributed by atoms with Crippen LogP contribution in [0, 0.1) is 7.14 Å². The highest BCUT2D eigenvalue weighted by molar-refractivity contribution is 14.1. The lowest BCUT2D eigenvalue weighted by Gasteiger charge is -2.16. The number of halogens is 2. The number of aryl methyl sites for hydroxylation is 1. The van der Waals surface area contributed by atoms with Gasteiger partial charge in [-0.05, 0) is 106 Å². The molecule has 0 unspecified atom stereocenters. The zero-order valence-electron chi connectivity index (χ0n) is 15.6. The van der Waals surface area contributed by atoms with E-state index >= 15 is 0 Å². The molecule has 1 heterocycles. The topological polar surface area (TPSA) is 37.2 Å². The van der Waals surface area contributed by atoms with Gasteiger partial charge < -0.3 is 15.0 Å². The molecule has 0 aliphatic rings. The largest absolute Gasteiger partial charge is 0.389 e. The van der Waals surface area contributed by atoms with E-state index in [-0.39, 0.29) is 0 Å². The Morgan fingerprint density at radius 2 is 1.46 bits per heavy atom. The molecule has 3 nitrogen and oxygen atoms in total. The van der Waals surface area contributed by atoms with Crippen molar-refractivity contribution in [1.29, 1.82) is 0 Å². The predicted molar refractivity (Wildman–Crippen MR) is 135 cm³/mol. The molecular weight excluding hydrogens is 574 g/mol. The number of benzene rings is 3. The summed E-state index contributed by atoms with van der Waals surface area (Å²) < 4.78 is 4.69. The number of aliphatic hydroxyl groups is 1. The molecule has 3 aromatic carbocycles. The van der Waals surface area contributed by atoms with E-state index in [1.54, 1.807) is 0 Å². The second kappa shape index (κ2) is 8.59. The lowest BCUT2D eigenvalue weighted by Crippen LogP contribution is -2.24. The van der Waals surface area contributed by atoms with Crippen molar-refractivity contribution in [3.05, 3.63) is 73.4 Å². The number of hydrogen-bond acceptors (Lipinski definition) is 2. The van der Waals surface area contributed by atoms with Gasteiger partial charge in [0.2, 0.25) is 0 Å². The fraction of sp³-hybridized carbons (Fsp3) is 0.217. The number of anilines is 1. The molecule has 144 valence electrons. The predicted octanol–water partition coefficient (Wildman–Crippen LogP) is 6.04. The molecule has 1 aromatic heterocycles. The van der Waals surface area contributed by atoms with Crippen molar-refractivity contribution in [2.45, 2.75) is 26.0 Å². The summed E-state index contributed by atoms with van der Waals surface area (Å²) >= 11 is 4.72. The van der Waals surface area contributed by atoms with Gasteiger partial charge in [-0.2, -0.15) is 0 Å². The summed E-state index contributed by atoms with van der Waals surface area (Å²) in [4.78, 5) is 0. The van der Waals surface area contributed by atoms with Crippen LogP contribution in [0.2, 0.25) is 0 Å². The van der Waals surface area contributed by atoms with Crippen molar-refractivity contribution >= 4 is 72.7 Å². The quantitative estimate of drug-likeness (QED) is 0.267. The van der Waals surface area contributed by atoms with Crippen molar-refractivity contribution in [1.82, 2.24) is 4.57 Å². The zero-order chi connectivity index (χ0) is 19.7. The number of fused-ring (bicyclic) bond motifs is 3. The first kappa shape index (κ1) is 20.0. The maximum atomic E-state index is 10.7.